The van der Waals surface area contributed by atoms with Crippen molar-refractivity contribution in [3.05, 3.63) is 107 Å². The maximum absolute atomic E-state index is 3.54. The van der Waals surface area contributed by atoms with Crippen LogP contribution in [-0.4, -0.2) is 0 Å². The zero-order valence-corrected chi connectivity index (χ0v) is 27.0. The molecule has 0 heteroatoms. The molecule has 0 amide bonds. The van der Waals surface area contributed by atoms with Gasteiger partial charge in [-0.1, -0.05) is 162 Å². The molecule has 0 aliphatic rings. The first-order chi connectivity index (χ1) is 18.4. The van der Waals surface area contributed by atoms with E-state index in [1.165, 1.54) is 50.1 Å². The van der Waals surface area contributed by atoms with Crippen molar-refractivity contribution in [3.63, 3.8) is 0 Å². The van der Waals surface area contributed by atoms with Crippen LogP contribution in [-0.2, 0) is 21.7 Å². The smallest absolute Gasteiger partial charge is 0.00235 e. The van der Waals surface area contributed by atoms with Crippen LogP contribution in [0.5, 0.6) is 0 Å². The maximum Gasteiger partial charge on any atom is -0.00235 e. The van der Waals surface area contributed by atoms with E-state index in [0.717, 1.165) is 5.56 Å². The predicted molar refractivity (Wildman–Crippen MR) is 176 cm³/mol. The third-order valence-corrected chi connectivity index (χ3v) is 8.01. The zero-order chi connectivity index (χ0) is 29.7. The summed E-state index contributed by atoms with van der Waals surface area (Å²) in [6.07, 6.45) is 0. The summed E-state index contributed by atoms with van der Waals surface area (Å²) >= 11 is 0. The number of rotatable bonds is 3. The largest absolute Gasteiger partial charge is 0.0616 e. The zero-order valence-electron chi connectivity index (χ0n) is 27.0. The highest BCUT2D eigenvalue weighted by molar-refractivity contribution is 5.96. The van der Waals surface area contributed by atoms with E-state index in [-0.39, 0.29) is 21.7 Å². The topological polar surface area (TPSA) is 0 Å². The summed E-state index contributed by atoms with van der Waals surface area (Å²) in [5, 5.41) is 0. The lowest BCUT2D eigenvalue weighted by Crippen LogP contribution is -2.18. The Morgan fingerprint density at radius 2 is 0.925 bits per heavy atom. The Morgan fingerprint density at radius 1 is 0.425 bits per heavy atom. The molecule has 0 saturated carbocycles. The molecule has 0 aliphatic heterocycles. The van der Waals surface area contributed by atoms with Gasteiger partial charge in [0.05, 0.1) is 0 Å². The van der Waals surface area contributed by atoms with Crippen molar-refractivity contribution in [1.82, 2.24) is 0 Å². The summed E-state index contributed by atoms with van der Waals surface area (Å²) in [6.45, 7) is 27.9. The molecule has 0 aromatic heterocycles. The Kier molecular flexibility index (Phi) is 7.74. The van der Waals surface area contributed by atoms with E-state index in [1.54, 1.807) is 0 Å². The van der Waals surface area contributed by atoms with Gasteiger partial charge in [-0.2, -0.15) is 0 Å². The Morgan fingerprint density at radius 3 is 1.40 bits per heavy atom. The van der Waals surface area contributed by atoms with Crippen LogP contribution in [0, 0.1) is 6.07 Å². The first-order valence-corrected chi connectivity index (χ1v) is 14.8. The summed E-state index contributed by atoms with van der Waals surface area (Å²) in [7, 11) is 0. The van der Waals surface area contributed by atoms with Gasteiger partial charge in [0, 0.05) is 0 Å². The maximum atomic E-state index is 3.54. The minimum atomic E-state index is -0.0235. The van der Waals surface area contributed by atoms with Gasteiger partial charge in [-0.15, -0.1) is 0 Å². The van der Waals surface area contributed by atoms with Crippen LogP contribution in [0.25, 0.3) is 33.4 Å². The molecule has 0 unspecified atom stereocenters. The Bertz CT molecular complexity index is 1490. The van der Waals surface area contributed by atoms with Crippen LogP contribution in [0.3, 0.4) is 0 Å². The van der Waals surface area contributed by atoms with Gasteiger partial charge in [0.1, 0.15) is 0 Å². The molecule has 1 radical (unpaired) electrons. The average Bonchev–Trinajstić information content (AvgIpc) is 2.86. The van der Waals surface area contributed by atoms with Crippen LogP contribution in [0.2, 0.25) is 0 Å². The van der Waals surface area contributed by atoms with Gasteiger partial charge in [-0.05, 0) is 83.4 Å². The van der Waals surface area contributed by atoms with Crippen LogP contribution >= 0.6 is 0 Å². The van der Waals surface area contributed by atoms with Crippen LogP contribution in [0.1, 0.15) is 105 Å². The summed E-state index contributed by atoms with van der Waals surface area (Å²) in [5.41, 5.74) is 13.2. The minimum Gasteiger partial charge on any atom is -0.0616 e. The molecule has 0 heterocycles. The highest BCUT2D eigenvalue weighted by atomic mass is 14.3. The fourth-order valence-electron chi connectivity index (χ4n) is 5.57. The SMILES string of the molecule is CC(C)(C)c1ccc(-c2cccc(-c3[c]cccc3)c2-c2ccc(C(C)(C)C)cc2C(C)(C)C)c(C(C)(C)C)c1. The number of hydrogen-bond acceptors (Lipinski definition) is 0. The monoisotopic (exact) mass is 529 g/mol. The third kappa shape index (κ3) is 6.12. The van der Waals surface area contributed by atoms with Gasteiger partial charge < -0.3 is 0 Å². The van der Waals surface area contributed by atoms with Gasteiger partial charge in [0.15, 0.2) is 0 Å². The normalized spacial score (nSPS) is 13.0. The molecule has 0 N–H and O–H groups in total. The average molecular weight is 530 g/mol. The van der Waals surface area contributed by atoms with Gasteiger partial charge in [0.2, 0.25) is 0 Å². The third-order valence-electron chi connectivity index (χ3n) is 8.01. The van der Waals surface area contributed by atoms with Crippen molar-refractivity contribution in [2.45, 2.75) is 105 Å². The standard InChI is InChI=1S/C40H49/c1-37(2,3)28-21-23-31(34(25-28)39(7,8)9)32-20-16-19-30(27-17-14-13-15-18-27)36(32)33-24-22-29(38(4,5)6)26-35(33)40(10,11)12/h13-17,19-26H,1-12H3. The van der Waals surface area contributed by atoms with Gasteiger partial charge in [-0.25, -0.2) is 0 Å². The van der Waals surface area contributed by atoms with E-state index in [1.807, 2.05) is 6.07 Å². The molecule has 4 aromatic carbocycles. The second-order valence-electron chi connectivity index (χ2n) is 15.5. The molecule has 4 rings (SSSR count). The molecule has 0 bridgehead atoms. The van der Waals surface area contributed by atoms with Gasteiger partial charge in [0.25, 0.3) is 0 Å². The summed E-state index contributed by atoms with van der Waals surface area (Å²) < 4.78 is 0. The lowest BCUT2D eigenvalue weighted by molar-refractivity contribution is 0.568. The number of benzene rings is 4. The first kappa shape index (κ1) is 29.9. The highest BCUT2D eigenvalue weighted by Crippen LogP contribution is 2.47. The van der Waals surface area contributed by atoms with Crippen molar-refractivity contribution >= 4 is 0 Å². The molecular weight excluding hydrogens is 480 g/mol. The molecular formula is C40H49. The molecule has 0 aliphatic carbocycles. The molecule has 0 saturated heterocycles. The molecule has 0 nitrogen and oxygen atoms in total. The van der Waals surface area contributed by atoms with Crippen LogP contribution in [0.15, 0.2) is 78.9 Å². The number of hydrogen-bond donors (Lipinski definition) is 0. The van der Waals surface area contributed by atoms with E-state index in [2.05, 4.69) is 162 Å². The highest BCUT2D eigenvalue weighted by Gasteiger charge is 2.28. The molecule has 0 spiro atoms. The van der Waals surface area contributed by atoms with Crippen molar-refractivity contribution in [3.8, 4) is 33.4 Å². The lowest BCUT2D eigenvalue weighted by Gasteiger charge is -2.31. The molecule has 209 valence electrons. The summed E-state index contributed by atoms with van der Waals surface area (Å²) in [5.74, 6) is 0. The van der Waals surface area contributed by atoms with E-state index in [4.69, 9.17) is 0 Å². The van der Waals surface area contributed by atoms with E-state index in [9.17, 15) is 0 Å². The van der Waals surface area contributed by atoms with Crippen molar-refractivity contribution < 1.29 is 0 Å². The van der Waals surface area contributed by atoms with E-state index in [0.29, 0.717) is 0 Å². The Labute approximate surface area is 244 Å². The van der Waals surface area contributed by atoms with Crippen molar-refractivity contribution in [2.75, 3.05) is 0 Å². The molecule has 4 aromatic rings. The molecule has 0 fully saturated rings. The van der Waals surface area contributed by atoms with Crippen molar-refractivity contribution in [1.29, 1.82) is 0 Å². The molecule has 0 atom stereocenters. The van der Waals surface area contributed by atoms with Crippen LogP contribution < -0.4 is 0 Å². The minimum absolute atomic E-state index is 0.00824. The second kappa shape index (κ2) is 10.4. The summed E-state index contributed by atoms with van der Waals surface area (Å²) in [6, 6.07) is 33.1. The predicted octanol–water partition coefficient (Wildman–Crippen LogP) is 11.7. The van der Waals surface area contributed by atoms with Gasteiger partial charge >= 0.3 is 0 Å². The van der Waals surface area contributed by atoms with Gasteiger partial charge in [-0.3, -0.25) is 0 Å². The Hall–Kier alpha value is -3.12. The van der Waals surface area contributed by atoms with Crippen molar-refractivity contribution in [2.24, 2.45) is 0 Å². The van der Waals surface area contributed by atoms with Crippen LogP contribution in [0.4, 0.5) is 0 Å². The quantitative estimate of drug-likeness (QED) is 0.247. The van der Waals surface area contributed by atoms with E-state index < -0.39 is 0 Å². The first-order valence-electron chi connectivity index (χ1n) is 14.8. The lowest BCUT2D eigenvalue weighted by atomic mass is 9.73. The second-order valence-corrected chi connectivity index (χ2v) is 15.5. The van der Waals surface area contributed by atoms with E-state index >= 15 is 0 Å². The summed E-state index contributed by atoms with van der Waals surface area (Å²) in [4.78, 5) is 0. The fraction of sp³-hybridized carbons (Fsp3) is 0.400. The molecule has 40 heavy (non-hydrogen) atoms. The fourth-order valence-corrected chi connectivity index (χ4v) is 5.57. The Balaban J connectivity index is 2.16.